The molecule has 0 radical (unpaired) electrons. The van der Waals surface area contributed by atoms with Crippen LogP contribution in [0.3, 0.4) is 0 Å². The summed E-state index contributed by atoms with van der Waals surface area (Å²) in [7, 11) is 1.60. The summed E-state index contributed by atoms with van der Waals surface area (Å²) in [6.45, 7) is 0.0175. The number of para-hydroxylation sites is 1. The number of Topliss-reactive ketones (excluding diaryl/α,β-unsaturated/α-hetero) is 1. The lowest BCUT2D eigenvalue weighted by Crippen LogP contribution is -2.39. The molecule has 0 saturated heterocycles. The fourth-order valence-electron chi connectivity index (χ4n) is 2.91. The van der Waals surface area contributed by atoms with Crippen molar-refractivity contribution in [2.24, 2.45) is 0 Å². The molecule has 0 atom stereocenters. The van der Waals surface area contributed by atoms with Crippen molar-refractivity contribution in [2.75, 3.05) is 18.6 Å². The normalized spacial score (nSPS) is 14.4. The number of alkyl halides is 3. The largest absolute Gasteiger partial charge is 0.416 e. The van der Waals surface area contributed by atoms with E-state index in [1.807, 2.05) is 0 Å². The van der Waals surface area contributed by atoms with Gasteiger partial charge in [0.05, 0.1) is 23.5 Å². The summed E-state index contributed by atoms with van der Waals surface area (Å²) in [6.07, 6.45) is -4.44. The average molecular weight is 348 g/mol. The maximum atomic E-state index is 13.1. The predicted octanol–water partition coefficient (Wildman–Crippen LogP) is 3.32. The molecule has 0 aromatic heterocycles. The Morgan fingerprint density at radius 3 is 2.36 bits per heavy atom. The highest BCUT2D eigenvalue weighted by Crippen LogP contribution is 2.33. The molecule has 1 heterocycles. The summed E-state index contributed by atoms with van der Waals surface area (Å²) >= 11 is 0. The number of rotatable bonds is 4. The number of carbonyl (C=O) groups excluding carboxylic acids is 2. The molecule has 4 nitrogen and oxygen atoms in total. The van der Waals surface area contributed by atoms with Gasteiger partial charge < -0.3 is 0 Å². The quantitative estimate of drug-likeness (QED) is 0.796. The molecule has 0 spiro atoms. The van der Waals surface area contributed by atoms with Gasteiger partial charge in [-0.05, 0) is 30.8 Å². The molecule has 0 bridgehead atoms. The zero-order valence-corrected chi connectivity index (χ0v) is 13.4. The maximum absolute atomic E-state index is 13.1. The van der Waals surface area contributed by atoms with Gasteiger partial charge in [0.25, 0.3) is 5.78 Å². The van der Waals surface area contributed by atoms with E-state index in [2.05, 4.69) is 0 Å². The Kier molecular flexibility index (Phi) is 4.34. The lowest BCUT2D eigenvalue weighted by atomic mass is 10.1. The zero-order chi connectivity index (χ0) is 18.2. The summed E-state index contributed by atoms with van der Waals surface area (Å²) < 4.78 is 39.3. The minimum absolute atomic E-state index is 0.00415. The first kappa shape index (κ1) is 17.2. The average Bonchev–Trinajstić information content (AvgIpc) is 2.80. The van der Waals surface area contributed by atoms with Crippen LogP contribution in [-0.2, 0) is 17.5 Å². The Bertz CT molecular complexity index is 833. The monoisotopic (exact) mass is 348 g/mol. The van der Waals surface area contributed by atoms with Crippen molar-refractivity contribution in [3.63, 3.8) is 0 Å². The third-order valence-electron chi connectivity index (χ3n) is 4.02. The minimum Gasteiger partial charge on any atom is -0.291 e. The van der Waals surface area contributed by atoms with Gasteiger partial charge >= 0.3 is 12.1 Å². The van der Waals surface area contributed by atoms with E-state index in [9.17, 15) is 22.8 Å². The third kappa shape index (κ3) is 3.28. The number of benzene rings is 2. The smallest absolute Gasteiger partial charge is 0.291 e. The number of amides is 1. The summed E-state index contributed by atoms with van der Waals surface area (Å²) in [5.41, 5.74) is 0.208. The van der Waals surface area contributed by atoms with Gasteiger partial charge in [-0.15, -0.1) is 0 Å². The van der Waals surface area contributed by atoms with Crippen molar-refractivity contribution in [2.45, 2.75) is 12.7 Å². The molecule has 0 aliphatic carbocycles. The standard InChI is InChI=1S/C18H15F3N2O2/c1-22(10-12-6-2-4-8-14(12)18(19,20)21)11-23-15-9-5-3-7-13(15)16(24)17(23)25/h2-9H,10-11H2,1H3. The van der Waals surface area contributed by atoms with E-state index >= 15 is 0 Å². The molecule has 2 aromatic carbocycles. The number of anilines is 1. The molecule has 1 aliphatic heterocycles. The fraction of sp³-hybridized carbons (Fsp3) is 0.222. The maximum Gasteiger partial charge on any atom is 0.416 e. The first-order chi connectivity index (χ1) is 11.8. The molecule has 1 aliphatic rings. The van der Waals surface area contributed by atoms with Crippen LogP contribution in [0.5, 0.6) is 0 Å². The van der Waals surface area contributed by atoms with Gasteiger partial charge in [0.15, 0.2) is 0 Å². The molecule has 2 aromatic rings. The predicted molar refractivity (Wildman–Crippen MR) is 86.0 cm³/mol. The van der Waals surface area contributed by atoms with Crippen LogP contribution in [0.4, 0.5) is 18.9 Å². The van der Waals surface area contributed by atoms with E-state index in [1.165, 1.54) is 23.1 Å². The van der Waals surface area contributed by atoms with Crippen LogP contribution >= 0.6 is 0 Å². The highest BCUT2D eigenvalue weighted by atomic mass is 19.4. The van der Waals surface area contributed by atoms with Crippen LogP contribution < -0.4 is 4.90 Å². The minimum atomic E-state index is -4.44. The summed E-state index contributed by atoms with van der Waals surface area (Å²) in [4.78, 5) is 27.0. The Morgan fingerprint density at radius 1 is 1.00 bits per heavy atom. The van der Waals surface area contributed by atoms with Gasteiger partial charge in [0.1, 0.15) is 0 Å². The van der Waals surface area contributed by atoms with Gasteiger partial charge in [-0.1, -0.05) is 30.3 Å². The van der Waals surface area contributed by atoms with Crippen molar-refractivity contribution in [1.29, 1.82) is 0 Å². The molecular weight excluding hydrogens is 333 g/mol. The van der Waals surface area contributed by atoms with Crippen molar-refractivity contribution in [1.82, 2.24) is 4.90 Å². The van der Waals surface area contributed by atoms with Crippen LogP contribution in [0.2, 0.25) is 0 Å². The Balaban J connectivity index is 1.80. The highest BCUT2D eigenvalue weighted by Gasteiger charge is 2.36. The van der Waals surface area contributed by atoms with Crippen molar-refractivity contribution in [3.8, 4) is 0 Å². The Hall–Kier alpha value is -2.67. The number of halogens is 3. The molecule has 1 amide bonds. The number of nitrogens with zero attached hydrogens (tertiary/aromatic N) is 2. The first-order valence-electron chi connectivity index (χ1n) is 7.58. The Labute approximate surface area is 142 Å². The molecule has 3 rings (SSSR count). The van der Waals surface area contributed by atoms with Gasteiger partial charge in [0.2, 0.25) is 0 Å². The van der Waals surface area contributed by atoms with E-state index < -0.39 is 23.4 Å². The second-order valence-corrected chi connectivity index (χ2v) is 5.89. The molecule has 0 fully saturated rings. The summed E-state index contributed by atoms with van der Waals surface area (Å²) in [6, 6.07) is 11.9. The SMILES string of the molecule is CN(Cc1ccccc1C(F)(F)F)CN1C(=O)C(=O)c2ccccc21. The van der Waals surface area contributed by atoms with Crippen LogP contribution in [0.15, 0.2) is 48.5 Å². The van der Waals surface area contributed by atoms with Gasteiger partial charge in [-0.3, -0.25) is 19.4 Å². The van der Waals surface area contributed by atoms with E-state index in [4.69, 9.17) is 0 Å². The number of ketones is 1. The van der Waals surface area contributed by atoms with E-state index in [0.29, 0.717) is 11.3 Å². The van der Waals surface area contributed by atoms with Crippen molar-refractivity contribution < 1.29 is 22.8 Å². The van der Waals surface area contributed by atoms with E-state index in [1.54, 1.807) is 36.2 Å². The summed E-state index contributed by atoms with van der Waals surface area (Å²) in [5.74, 6) is -1.27. The molecule has 25 heavy (non-hydrogen) atoms. The molecule has 7 heteroatoms. The number of hydrogen-bond donors (Lipinski definition) is 0. The van der Waals surface area contributed by atoms with Crippen molar-refractivity contribution >= 4 is 17.4 Å². The molecular formula is C18H15F3N2O2. The molecule has 0 N–H and O–H groups in total. The highest BCUT2D eigenvalue weighted by molar-refractivity contribution is 6.52. The van der Waals surface area contributed by atoms with Gasteiger partial charge in [-0.25, -0.2) is 0 Å². The van der Waals surface area contributed by atoms with E-state index in [0.717, 1.165) is 6.07 Å². The van der Waals surface area contributed by atoms with Crippen LogP contribution in [0.1, 0.15) is 21.5 Å². The molecule has 0 unspecified atom stereocenters. The molecule has 0 saturated carbocycles. The third-order valence-corrected chi connectivity index (χ3v) is 4.02. The van der Waals surface area contributed by atoms with Crippen LogP contribution in [-0.4, -0.2) is 30.3 Å². The number of hydrogen-bond acceptors (Lipinski definition) is 3. The Morgan fingerprint density at radius 2 is 1.64 bits per heavy atom. The topological polar surface area (TPSA) is 40.6 Å². The van der Waals surface area contributed by atoms with Crippen molar-refractivity contribution in [3.05, 3.63) is 65.2 Å². The van der Waals surface area contributed by atoms with Gasteiger partial charge in [-0.2, -0.15) is 13.2 Å². The summed E-state index contributed by atoms with van der Waals surface area (Å²) in [5, 5.41) is 0. The van der Waals surface area contributed by atoms with Crippen LogP contribution in [0.25, 0.3) is 0 Å². The second kappa shape index (κ2) is 6.33. The number of fused-ring (bicyclic) bond motifs is 1. The first-order valence-corrected chi connectivity index (χ1v) is 7.58. The van der Waals surface area contributed by atoms with E-state index in [-0.39, 0.29) is 18.8 Å². The number of carbonyl (C=O) groups is 2. The zero-order valence-electron chi connectivity index (χ0n) is 13.4. The van der Waals surface area contributed by atoms with Gasteiger partial charge in [0, 0.05) is 6.54 Å². The fourth-order valence-corrected chi connectivity index (χ4v) is 2.91. The second-order valence-electron chi connectivity index (χ2n) is 5.89. The van der Waals surface area contributed by atoms with Crippen LogP contribution in [0, 0.1) is 0 Å². The molecule has 130 valence electrons. The lowest BCUT2D eigenvalue weighted by molar-refractivity contribution is -0.138. The lowest BCUT2D eigenvalue weighted by Gasteiger charge is -2.25.